The molecular weight excluding hydrogens is 186 g/mol. The van der Waals surface area contributed by atoms with Gasteiger partial charge in [0.1, 0.15) is 5.75 Å². The molecule has 0 bridgehead atoms. The van der Waals surface area contributed by atoms with E-state index < -0.39 is 0 Å². The number of nitrogens with one attached hydrogen (secondary N) is 1. The van der Waals surface area contributed by atoms with Crippen molar-refractivity contribution in [1.29, 1.82) is 0 Å². The maximum atomic E-state index is 5.63. The average Bonchev–Trinajstić information content (AvgIpc) is 2.88. The molecule has 2 aliphatic rings. The van der Waals surface area contributed by atoms with Gasteiger partial charge in [-0.15, -0.1) is 0 Å². The summed E-state index contributed by atoms with van der Waals surface area (Å²) in [7, 11) is 0. The first-order valence-electron chi connectivity index (χ1n) is 5.84. The van der Waals surface area contributed by atoms with Crippen molar-refractivity contribution in [3.63, 3.8) is 0 Å². The van der Waals surface area contributed by atoms with Crippen molar-refractivity contribution in [2.24, 2.45) is 0 Å². The Morgan fingerprint density at radius 1 is 1.40 bits per heavy atom. The highest BCUT2D eigenvalue weighted by Crippen LogP contribution is 2.34. The maximum Gasteiger partial charge on any atom is 0.125 e. The molecule has 2 aliphatic heterocycles. The lowest BCUT2D eigenvalue weighted by atomic mass is 9.98. The Balaban J connectivity index is 1.99. The molecule has 2 heteroatoms. The number of ether oxygens (including phenoxy) is 1. The first kappa shape index (κ1) is 9.22. The van der Waals surface area contributed by atoms with Crippen LogP contribution in [0, 0.1) is 6.92 Å². The van der Waals surface area contributed by atoms with E-state index in [0.29, 0.717) is 6.04 Å². The van der Waals surface area contributed by atoms with Gasteiger partial charge in [-0.2, -0.15) is 0 Å². The van der Waals surface area contributed by atoms with E-state index in [4.69, 9.17) is 4.74 Å². The van der Waals surface area contributed by atoms with E-state index in [1.54, 1.807) is 0 Å². The standard InChI is InChI=1S/C13H17NO/c1-9-7-11(12-3-2-5-14-12)8-10-4-6-15-13(9)10/h7-8,12,14H,2-6H2,1H3. The Bertz CT molecular complexity index is 380. The van der Waals surface area contributed by atoms with Crippen molar-refractivity contribution in [3.05, 3.63) is 28.8 Å². The fourth-order valence-corrected chi connectivity index (χ4v) is 2.70. The molecule has 0 saturated carbocycles. The second-order valence-electron chi connectivity index (χ2n) is 4.57. The second-order valence-corrected chi connectivity index (χ2v) is 4.57. The lowest BCUT2D eigenvalue weighted by molar-refractivity contribution is 0.354. The first-order valence-corrected chi connectivity index (χ1v) is 5.84. The van der Waals surface area contributed by atoms with Crippen LogP contribution in [-0.2, 0) is 6.42 Å². The number of aryl methyl sites for hydroxylation is 1. The van der Waals surface area contributed by atoms with Gasteiger partial charge in [0.25, 0.3) is 0 Å². The SMILES string of the molecule is Cc1cc(C2CCCN2)cc2c1OCC2. The van der Waals surface area contributed by atoms with E-state index in [1.807, 2.05) is 0 Å². The van der Waals surface area contributed by atoms with Crippen LogP contribution in [-0.4, -0.2) is 13.2 Å². The molecule has 1 saturated heterocycles. The summed E-state index contributed by atoms with van der Waals surface area (Å²) in [6.45, 7) is 4.18. The lowest BCUT2D eigenvalue weighted by Crippen LogP contribution is -2.13. The minimum atomic E-state index is 0.578. The van der Waals surface area contributed by atoms with Gasteiger partial charge in [0.05, 0.1) is 6.61 Å². The Morgan fingerprint density at radius 2 is 2.33 bits per heavy atom. The van der Waals surface area contributed by atoms with Crippen LogP contribution < -0.4 is 10.1 Å². The van der Waals surface area contributed by atoms with Crippen molar-refractivity contribution < 1.29 is 4.74 Å². The molecule has 2 nitrogen and oxygen atoms in total. The van der Waals surface area contributed by atoms with Crippen LogP contribution in [0.25, 0.3) is 0 Å². The van der Waals surface area contributed by atoms with Gasteiger partial charge in [0.2, 0.25) is 0 Å². The van der Waals surface area contributed by atoms with E-state index in [2.05, 4.69) is 24.4 Å². The molecule has 2 heterocycles. The molecule has 1 atom stereocenters. The van der Waals surface area contributed by atoms with Crippen molar-refractivity contribution in [2.45, 2.75) is 32.2 Å². The minimum Gasteiger partial charge on any atom is -0.493 e. The summed E-state index contributed by atoms with van der Waals surface area (Å²) < 4.78 is 5.63. The third-order valence-corrected chi connectivity index (χ3v) is 3.45. The second kappa shape index (κ2) is 3.53. The summed E-state index contributed by atoms with van der Waals surface area (Å²) in [6, 6.07) is 5.19. The van der Waals surface area contributed by atoms with Crippen LogP contribution in [0.1, 0.15) is 35.6 Å². The normalized spacial score (nSPS) is 23.9. The molecule has 0 radical (unpaired) electrons. The van der Waals surface area contributed by atoms with Crippen LogP contribution in [0.15, 0.2) is 12.1 Å². The van der Waals surface area contributed by atoms with Gasteiger partial charge in [-0.3, -0.25) is 0 Å². The molecule has 0 spiro atoms. The summed E-state index contributed by atoms with van der Waals surface area (Å²) in [6.07, 6.45) is 3.66. The molecule has 0 amide bonds. The number of rotatable bonds is 1. The monoisotopic (exact) mass is 203 g/mol. The van der Waals surface area contributed by atoms with Gasteiger partial charge < -0.3 is 10.1 Å². The van der Waals surface area contributed by atoms with Gasteiger partial charge in [0.15, 0.2) is 0 Å². The number of fused-ring (bicyclic) bond motifs is 1. The fraction of sp³-hybridized carbons (Fsp3) is 0.538. The first-order chi connectivity index (χ1) is 7.34. The van der Waals surface area contributed by atoms with E-state index in [0.717, 1.165) is 25.3 Å². The van der Waals surface area contributed by atoms with Crippen molar-refractivity contribution in [2.75, 3.05) is 13.2 Å². The molecule has 0 aromatic heterocycles. The lowest BCUT2D eigenvalue weighted by Gasteiger charge is -2.13. The predicted molar refractivity (Wildman–Crippen MR) is 60.4 cm³/mol. The Morgan fingerprint density at radius 3 is 3.13 bits per heavy atom. The molecule has 1 fully saturated rings. The van der Waals surface area contributed by atoms with Crippen molar-refractivity contribution in [3.8, 4) is 5.75 Å². The summed E-state index contributed by atoms with van der Waals surface area (Å²) in [5, 5.41) is 3.55. The summed E-state index contributed by atoms with van der Waals surface area (Å²) in [4.78, 5) is 0. The molecule has 3 rings (SSSR count). The van der Waals surface area contributed by atoms with E-state index in [9.17, 15) is 0 Å². The molecule has 15 heavy (non-hydrogen) atoms. The van der Waals surface area contributed by atoms with Gasteiger partial charge in [-0.05, 0) is 43.0 Å². The third kappa shape index (κ3) is 1.53. The summed E-state index contributed by atoms with van der Waals surface area (Å²) in [5.74, 6) is 1.14. The van der Waals surface area contributed by atoms with E-state index >= 15 is 0 Å². The number of hydrogen-bond acceptors (Lipinski definition) is 2. The highest BCUT2D eigenvalue weighted by atomic mass is 16.5. The van der Waals surface area contributed by atoms with Crippen LogP contribution in [0.2, 0.25) is 0 Å². The van der Waals surface area contributed by atoms with Crippen molar-refractivity contribution >= 4 is 0 Å². The Kier molecular flexibility index (Phi) is 2.17. The molecule has 1 aromatic rings. The number of hydrogen-bond donors (Lipinski definition) is 1. The highest BCUT2D eigenvalue weighted by molar-refractivity contribution is 5.47. The van der Waals surface area contributed by atoms with Crippen LogP contribution in [0.5, 0.6) is 5.75 Å². The largest absolute Gasteiger partial charge is 0.493 e. The fourth-order valence-electron chi connectivity index (χ4n) is 2.70. The minimum absolute atomic E-state index is 0.578. The van der Waals surface area contributed by atoms with Crippen LogP contribution >= 0.6 is 0 Å². The van der Waals surface area contributed by atoms with Crippen LogP contribution in [0.3, 0.4) is 0 Å². The smallest absolute Gasteiger partial charge is 0.125 e. The molecule has 1 unspecified atom stereocenters. The highest BCUT2D eigenvalue weighted by Gasteiger charge is 2.21. The van der Waals surface area contributed by atoms with E-state index in [1.165, 1.54) is 29.5 Å². The van der Waals surface area contributed by atoms with Gasteiger partial charge in [-0.1, -0.05) is 12.1 Å². The average molecular weight is 203 g/mol. The maximum absolute atomic E-state index is 5.63. The van der Waals surface area contributed by atoms with Crippen LogP contribution in [0.4, 0.5) is 0 Å². The topological polar surface area (TPSA) is 21.3 Å². The molecular formula is C13H17NO. The Hall–Kier alpha value is -1.02. The zero-order chi connectivity index (χ0) is 10.3. The quantitative estimate of drug-likeness (QED) is 0.756. The van der Waals surface area contributed by atoms with E-state index in [-0.39, 0.29) is 0 Å². The summed E-state index contributed by atoms with van der Waals surface area (Å²) >= 11 is 0. The van der Waals surface area contributed by atoms with Crippen molar-refractivity contribution in [1.82, 2.24) is 5.32 Å². The number of benzene rings is 1. The molecule has 1 aromatic carbocycles. The van der Waals surface area contributed by atoms with Gasteiger partial charge in [0, 0.05) is 12.5 Å². The Labute approximate surface area is 90.6 Å². The molecule has 0 aliphatic carbocycles. The zero-order valence-corrected chi connectivity index (χ0v) is 9.18. The van der Waals surface area contributed by atoms with Gasteiger partial charge >= 0.3 is 0 Å². The molecule has 80 valence electrons. The van der Waals surface area contributed by atoms with Gasteiger partial charge in [-0.25, -0.2) is 0 Å². The zero-order valence-electron chi connectivity index (χ0n) is 9.18. The predicted octanol–water partition coefficient (Wildman–Crippen LogP) is 2.35. The molecule has 1 N–H and O–H groups in total. The third-order valence-electron chi connectivity index (χ3n) is 3.45. The summed E-state index contributed by atoms with van der Waals surface area (Å²) in [5.41, 5.74) is 4.15.